The third-order valence-corrected chi connectivity index (χ3v) is 4.94. The van der Waals surface area contributed by atoms with Gasteiger partial charge in [-0.3, -0.25) is 0 Å². The summed E-state index contributed by atoms with van der Waals surface area (Å²) in [5, 5.41) is 0. The average Bonchev–Trinajstić information content (AvgIpc) is 2.46. The maximum atomic E-state index is 2.46. The summed E-state index contributed by atoms with van der Waals surface area (Å²) in [6, 6.07) is 0.820. The molecule has 2 heteroatoms. The van der Waals surface area contributed by atoms with E-state index in [-0.39, 0.29) is 12.4 Å². The van der Waals surface area contributed by atoms with Crippen LogP contribution in [-0.4, -0.2) is 25.0 Å². The highest BCUT2D eigenvalue weighted by Crippen LogP contribution is 2.17. The van der Waals surface area contributed by atoms with Crippen LogP contribution in [0, 0.1) is 5.92 Å². The smallest absolute Gasteiger partial charge is 0.00891 e. The maximum absolute atomic E-state index is 2.46. The van der Waals surface area contributed by atoms with Crippen LogP contribution >= 0.6 is 12.4 Å². The Hall–Kier alpha value is 0.250. The second-order valence-electron chi connectivity index (χ2n) is 7.91. The molecule has 0 aliphatic rings. The van der Waals surface area contributed by atoms with E-state index < -0.39 is 0 Å². The number of nitrogens with zero attached hydrogens (tertiary/aromatic N) is 1. The fourth-order valence-corrected chi connectivity index (χ4v) is 3.28. The predicted molar refractivity (Wildman–Crippen MR) is 110 cm³/mol. The minimum atomic E-state index is 0. The second-order valence-corrected chi connectivity index (χ2v) is 7.91. The van der Waals surface area contributed by atoms with Gasteiger partial charge in [-0.15, -0.1) is 12.4 Å². The molecule has 1 unspecified atom stereocenters. The Kier molecular flexibility index (Phi) is 20.6. The van der Waals surface area contributed by atoms with Crippen molar-refractivity contribution in [1.82, 2.24) is 4.90 Å². The topological polar surface area (TPSA) is 3.24 Å². The summed E-state index contributed by atoms with van der Waals surface area (Å²) in [6.07, 6.45) is 20.0. The van der Waals surface area contributed by atoms with E-state index in [2.05, 4.69) is 39.8 Å². The summed E-state index contributed by atoms with van der Waals surface area (Å²) in [6.45, 7) is 6.97. The zero-order valence-corrected chi connectivity index (χ0v) is 17.7. The third-order valence-electron chi connectivity index (χ3n) is 4.94. The Morgan fingerprint density at radius 2 is 1.00 bits per heavy atom. The van der Waals surface area contributed by atoms with E-state index in [4.69, 9.17) is 0 Å². The third kappa shape index (κ3) is 18.4. The molecular weight excluding hydrogens is 302 g/mol. The molecule has 0 aliphatic carbocycles. The molecule has 0 saturated heterocycles. The fourth-order valence-electron chi connectivity index (χ4n) is 3.28. The van der Waals surface area contributed by atoms with Crippen molar-refractivity contribution in [3.05, 3.63) is 0 Å². The van der Waals surface area contributed by atoms with Crippen LogP contribution in [0.4, 0.5) is 0 Å². The molecule has 0 bridgehead atoms. The van der Waals surface area contributed by atoms with Gasteiger partial charge in [-0.25, -0.2) is 0 Å². The van der Waals surface area contributed by atoms with E-state index in [1.165, 1.54) is 89.9 Å². The van der Waals surface area contributed by atoms with Gasteiger partial charge in [0.2, 0.25) is 0 Å². The number of rotatable bonds is 16. The molecule has 0 aromatic rings. The first-order valence-corrected chi connectivity index (χ1v) is 10.2. The highest BCUT2D eigenvalue weighted by molar-refractivity contribution is 5.85. The van der Waals surface area contributed by atoms with Crippen molar-refractivity contribution in [1.29, 1.82) is 0 Å². The molecule has 0 spiro atoms. The quantitative estimate of drug-likeness (QED) is 0.261. The minimum absolute atomic E-state index is 0. The van der Waals surface area contributed by atoms with E-state index >= 15 is 0 Å². The van der Waals surface area contributed by atoms with Crippen molar-refractivity contribution in [2.45, 2.75) is 117 Å². The second kappa shape index (κ2) is 18.6. The molecule has 0 N–H and O–H groups in total. The molecule has 1 atom stereocenters. The van der Waals surface area contributed by atoms with Crippen molar-refractivity contribution in [2.75, 3.05) is 14.1 Å². The lowest BCUT2D eigenvalue weighted by Crippen LogP contribution is -2.27. The van der Waals surface area contributed by atoms with E-state index in [0.29, 0.717) is 0 Å². The van der Waals surface area contributed by atoms with E-state index in [9.17, 15) is 0 Å². The van der Waals surface area contributed by atoms with Crippen LogP contribution in [0.25, 0.3) is 0 Å². The van der Waals surface area contributed by atoms with Gasteiger partial charge in [-0.2, -0.15) is 0 Å². The van der Waals surface area contributed by atoms with Gasteiger partial charge in [-0.05, 0) is 32.9 Å². The van der Waals surface area contributed by atoms with Gasteiger partial charge in [0.15, 0.2) is 0 Å². The summed E-state index contributed by atoms with van der Waals surface area (Å²) in [4.78, 5) is 2.46. The van der Waals surface area contributed by atoms with Crippen LogP contribution in [0.1, 0.15) is 111 Å². The number of hydrogen-bond acceptors (Lipinski definition) is 1. The zero-order valence-electron chi connectivity index (χ0n) is 16.9. The Labute approximate surface area is 154 Å². The molecule has 0 aromatic carbocycles. The molecule has 23 heavy (non-hydrogen) atoms. The van der Waals surface area contributed by atoms with Gasteiger partial charge in [0, 0.05) is 6.04 Å². The molecule has 0 aliphatic heterocycles. The van der Waals surface area contributed by atoms with Gasteiger partial charge in [-0.1, -0.05) is 97.8 Å². The summed E-state index contributed by atoms with van der Waals surface area (Å²) >= 11 is 0. The van der Waals surface area contributed by atoms with Gasteiger partial charge >= 0.3 is 0 Å². The zero-order chi connectivity index (χ0) is 16.6. The Morgan fingerprint density at radius 1 is 0.609 bits per heavy atom. The number of unbranched alkanes of at least 4 members (excludes halogenated alkanes) is 9. The molecule has 0 radical (unpaired) electrons. The summed E-state index contributed by atoms with van der Waals surface area (Å²) in [5.41, 5.74) is 0. The summed E-state index contributed by atoms with van der Waals surface area (Å²) in [7, 11) is 4.54. The highest BCUT2D eigenvalue weighted by Gasteiger charge is 2.10. The van der Waals surface area contributed by atoms with Crippen LogP contribution in [-0.2, 0) is 0 Å². The van der Waals surface area contributed by atoms with Crippen molar-refractivity contribution in [3.63, 3.8) is 0 Å². The average molecular weight is 348 g/mol. The molecule has 1 nitrogen and oxygen atoms in total. The van der Waals surface area contributed by atoms with Gasteiger partial charge in [0.05, 0.1) is 0 Å². The minimum Gasteiger partial charge on any atom is -0.306 e. The SMILES string of the molecule is CCCCCCCCCC(CCCCCCC(C)C)N(C)C.Cl. The predicted octanol–water partition coefficient (Wildman–Crippen LogP) is 7.48. The van der Waals surface area contributed by atoms with E-state index in [1.807, 2.05) is 0 Å². The first-order valence-electron chi connectivity index (χ1n) is 10.2. The molecule has 0 aromatic heterocycles. The monoisotopic (exact) mass is 347 g/mol. The highest BCUT2D eigenvalue weighted by atomic mass is 35.5. The summed E-state index contributed by atoms with van der Waals surface area (Å²) < 4.78 is 0. The van der Waals surface area contributed by atoms with Crippen molar-refractivity contribution in [3.8, 4) is 0 Å². The number of halogens is 1. The molecule has 0 rings (SSSR count). The molecule has 0 amide bonds. The lowest BCUT2D eigenvalue weighted by Gasteiger charge is -2.24. The normalized spacial score (nSPS) is 12.7. The first-order chi connectivity index (χ1) is 10.6. The standard InChI is InChI=1S/C21H45N.ClH/c1-6-7-8-9-10-11-15-18-21(22(4)5)19-16-13-12-14-17-20(2)3;/h20-21H,6-19H2,1-5H3;1H. The maximum Gasteiger partial charge on any atom is 0.00891 e. The largest absolute Gasteiger partial charge is 0.306 e. The van der Waals surface area contributed by atoms with E-state index in [1.54, 1.807) is 0 Å². The van der Waals surface area contributed by atoms with Crippen LogP contribution in [0.5, 0.6) is 0 Å². The molecule has 142 valence electrons. The van der Waals surface area contributed by atoms with Crippen molar-refractivity contribution < 1.29 is 0 Å². The van der Waals surface area contributed by atoms with Crippen molar-refractivity contribution in [2.24, 2.45) is 5.92 Å². The van der Waals surface area contributed by atoms with Crippen LogP contribution in [0.3, 0.4) is 0 Å². The molecular formula is C21H46ClN. The van der Waals surface area contributed by atoms with Crippen LogP contribution in [0.15, 0.2) is 0 Å². The number of hydrogen-bond donors (Lipinski definition) is 0. The molecule has 0 fully saturated rings. The Balaban J connectivity index is 0. The fraction of sp³-hybridized carbons (Fsp3) is 1.00. The van der Waals surface area contributed by atoms with Crippen LogP contribution in [0.2, 0.25) is 0 Å². The summed E-state index contributed by atoms with van der Waals surface area (Å²) in [5.74, 6) is 0.881. The van der Waals surface area contributed by atoms with Crippen molar-refractivity contribution >= 4 is 12.4 Å². The van der Waals surface area contributed by atoms with Gasteiger partial charge in [0.25, 0.3) is 0 Å². The molecule has 0 saturated carbocycles. The van der Waals surface area contributed by atoms with Crippen LogP contribution < -0.4 is 0 Å². The Morgan fingerprint density at radius 3 is 1.39 bits per heavy atom. The van der Waals surface area contributed by atoms with E-state index in [0.717, 1.165) is 12.0 Å². The van der Waals surface area contributed by atoms with Gasteiger partial charge in [0.1, 0.15) is 0 Å². The first kappa shape index (κ1) is 25.5. The lowest BCUT2D eigenvalue weighted by molar-refractivity contribution is 0.251. The Bertz CT molecular complexity index is 216. The molecule has 0 heterocycles. The van der Waals surface area contributed by atoms with Gasteiger partial charge < -0.3 is 4.90 Å². The lowest BCUT2D eigenvalue weighted by atomic mass is 9.98.